The zero-order chi connectivity index (χ0) is 20.6. The van der Waals surface area contributed by atoms with E-state index in [2.05, 4.69) is 19.2 Å². The SMILES string of the molecule is CCCC[C@H](CC)CNC(=O)c1ccc(C)c(S(=O)(=O)N2CCCCCC2)c1. The zero-order valence-electron chi connectivity index (χ0n) is 17.7. The van der Waals surface area contributed by atoms with Crippen molar-refractivity contribution < 1.29 is 13.2 Å². The Morgan fingerprint density at radius 1 is 1.14 bits per heavy atom. The molecule has 6 heteroatoms. The van der Waals surface area contributed by atoms with Gasteiger partial charge in [-0.25, -0.2) is 8.42 Å². The number of unbranched alkanes of at least 4 members (excludes halogenated alkanes) is 1. The molecule has 28 heavy (non-hydrogen) atoms. The number of carbonyl (C=O) groups is 1. The summed E-state index contributed by atoms with van der Waals surface area (Å²) >= 11 is 0. The van der Waals surface area contributed by atoms with Crippen LogP contribution in [0.15, 0.2) is 23.1 Å². The molecule has 158 valence electrons. The van der Waals surface area contributed by atoms with Crippen molar-refractivity contribution in [1.82, 2.24) is 9.62 Å². The third-order valence-electron chi connectivity index (χ3n) is 5.73. The van der Waals surface area contributed by atoms with Gasteiger partial charge in [-0.3, -0.25) is 4.79 Å². The van der Waals surface area contributed by atoms with Crippen molar-refractivity contribution >= 4 is 15.9 Å². The Hall–Kier alpha value is -1.40. The predicted octanol–water partition coefficient (Wildman–Crippen LogP) is 4.51. The van der Waals surface area contributed by atoms with Crippen LogP contribution < -0.4 is 5.32 Å². The normalized spacial score (nSPS) is 17.1. The van der Waals surface area contributed by atoms with Crippen molar-refractivity contribution in [1.29, 1.82) is 0 Å². The maximum Gasteiger partial charge on any atom is 0.251 e. The first kappa shape index (κ1) is 22.9. The van der Waals surface area contributed by atoms with E-state index in [0.29, 0.717) is 36.7 Å². The van der Waals surface area contributed by atoms with Gasteiger partial charge in [-0.1, -0.05) is 52.0 Å². The summed E-state index contributed by atoms with van der Waals surface area (Å²) in [4.78, 5) is 12.9. The summed E-state index contributed by atoms with van der Waals surface area (Å²) in [7, 11) is -3.57. The van der Waals surface area contributed by atoms with Crippen molar-refractivity contribution in [2.24, 2.45) is 5.92 Å². The third-order valence-corrected chi connectivity index (χ3v) is 7.77. The Labute approximate surface area is 170 Å². The van der Waals surface area contributed by atoms with E-state index in [0.717, 1.165) is 51.4 Å². The van der Waals surface area contributed by atoms with Crippen LogP contribution in [0.25, 0.3) is 0 Å². The van der Waals surface area contributed by atoms with Gasteiger partial charge in [0.25, 0.3) is 5.91 Å². The summed E-state index contributed by atoms with van der Waals surface area (Å²) in [5, 5.41) is 3.00. The second kappa shape index (κ2) is 11.0. The van der Waals surface area contributed by atoms with Crippen molar-refractivity contribution in [2.45, 2.75) is 77.0 Å². The molecule has 0 unspecified atom stereocenters. The van der Waals surface area contributed by atoms with E-state index in [1.807, 2.05) is 0 Å². The number of hydrogen-bond acceptors (Lipinski definition) is 3. The molecule has 5 nitrogen and oxygen atoms in total. The van der Waals surface area contributed by atoms with Crippen LogP contribution in [-0.4, -0.2) is 38.3 Å². The Morgan fingerprint density at radius 3 is 2.43 bits per heavy atom. The van der Waals surface area contributed by atoms with Crippen LogP contribution in [0.5, 0.6) is 0 Å². The molecule has 1 amide bonds. The molecule has 0 spiro atoms. The minimum Gasteiger partial charge on any atom is -0.352 e. The summed E-state index contributed by atoms with van der Waals surface area (Å²) in [5.74, 6) is 0.275. The molecule has 0 aliphatic carbocycles. The maximum atomic E-state index is 13.2. The number of nitrogens with one attached hydrogen (secondary N) is 1. The monoisotopic (exact) mass is 408 g/mol. The minimum absolute atomic E-state index is 0.192. The van der Waals surface area contributed by atoms with Crippen molar-refractivity contribution in [3.05, 3.63) is 29.3 Å². The maximum absolute atomic E-state index is 13.2. The largest absolute Gasteiger partial charge is 0.352 e. The van der Waals surface area contributed by atoms with E-state index in [4.69, 9.17) is 0 Å². The smallest absolute Gasteiger partial charge is 0.251 e. The summed E-state index contributed by atoms with van der Waals surface area (Å²) < 4.78 is 27.9. The molecular weight excluding hydrogens is 372 g/mol. The van der Waals surface area contributed by atoms with Crippen LogP contribution in [0.1, 0.15) is 81.1 Å². The molecule has 1 aromatic rings. The molecule has 0 radical (unpaired) electrons. The molecule has 0 saturated carbocycles. The van der Waals surface area contributed by atoms with Gasteiger partial charge in [0.05, 0.1) is 4.90 Å². The molecule has 1 N–H and O–H groups in total. The predicted molar refractivity (Wildman–Crippen MR) is 114 cm³/mol. The van der Waals surface area contributed by atoms with Gasteiger partial charge in [-0.15, -0.1) is 0 Å². The van der Waals surface area contributed by atoms with Gasteiger partial charge >= 0.3 is 0 Å². The fourth-order valence-electron chi connectivity index (χ4n) is 3.72. The van der Waals surface area contributed by atoms with Crippen LogP contribution in [0, 0.1) is 12.8 Å². The first-order valence-corrected chi connectivity index (χ1v) is 12.2. The summed E-state index contributed by atoms with van der Waals surface area (Å²) in [6, 6.07) is 5.02. The van der Waals surface area contributed by atoms with E-state index in [-0.39, 0.29) is 10.8 Å². The van der Waals surface area contributed by atoms with Crippen molar-refractivity contribution in [3.8, 4) is 0 Å². The van der Waals surface area contributed by atoms with Crippen molar-refractivity contribution in [2.75, 3.05) is 19.6 Å². The molecule has 0 aromatic heterocycles. The van der Waals surface area contributed by atoms with E-state index < -0.39 is 10.0 Å². The highest BCUT2D eigenvalue weighted by atomic mass is 32.2. The molecule has 1 aliphatic heterocycles. The summed E-state index contributed by atoms with van der Waals surface area (Å²) in [5.41, 5.74) is 1.11. The van der Waals surface area contributed by atoms with Crippen LogP contribution >= 0.6 is 0 Å². The molecular formula is C22H36N2O3S. The number of hydrogen-bond donors (Lipinski definition) is 1. The van der Waals surface area contributed by atoms with E-state index in [1.165, 1.54) is 0 Å². The van der Waals surface area contributed by atoms with Gasteiger partial charge in [0, 0.05) is 25.2 Å². The molecule has 1 aromatic carbocycles. The molecule has 1 saturated heterocycles. The van der Waals surface area contributed by atoms with Crippen LogP contribution in [-0.2, 0) is 10.0 Å². The Bertz CT molecular complexity index is 738. The second-order valence-electron chi connectivity index (χ2n) is 7.93. The lowest BCUT2D eigenvalue weighted by atomic mass is 9.99. The molecule has 0 bridgehead atoms. The third kappa shape index (κ3) is 6.05. The minimum atomic E-state index is -3.57. The van der Waals surface area contributed by atoms with Crippen LogP contribution in [0.2, 0.25) is 0 Å². The quantitative estimate of drug-likeness (QED) is 0.654. The zero-order valence-corrected chi connectivity index (χ0v) is 18.5. The molecule has 2 rings (SSSR count). The molecule has 1 aliphatic rings. The highest BCUT2D eigenvalue weighted by Crippen LogP contribution is 2.24. The highest BCUT2D eigenvalue weighted by Gasteiger charge is 2.27. The van der Waals surface area contributed by atoms with Crippen LogP contribution in [0.3, 0.4) is 0 Å². The first-order chi connectivity index (χ1) is 13.4. The lowest BCUT2D eigenvalue weighted by Gasteiger charge is -2.21. The lowest BCUT2D eigenvalue weighted by molar-refractivity contribution is 0.0945. The standard InChI is InChI=1S/C22H36N2O3S/c1-4-6-11-19(5-2)17-23-22(25)20-13-12-18(3)21(16-20)28(26,27)24-14-9-7-8-10-15-24/h12-13,16,19H,4-11,14-15,17H2,1-3H3,(H,23,25)/t19-/m0/s1. The number of aryl methyl sites for hydroxylation is 1. The Kier molecular flexibility index (Phi) is 8.96. The van der Waals surface area contributed by atoms with Gasteiger partial charge in [-0.05, 0) is 49.8 Å². The van der Waals surface area contributed by atoms with Crippen molar-refractivity contribution in [3.63, 3.8) is 0 Å². The van der Waals surface area contributed by atoms with Gasteiger partial charge in [0.15, 0.2) is 0 Å². The van der Waals surface area contributed by atoms with Gasteiger partial charge in [0.2, 0.25) is 10.0 Å². The van der Waals surface area contributed by atoms with E-state index in [1.54, 1.807) is 29.4 Å². The van der Waals surface area contributed by atoms with Gasteiger partial charge in [0.1, 0.15) is 0 Å². The topological polar surface area (TPSA) is 66.5 Å². The number of benzene rings is 1. The molecule has 1 fully saturated rings. The van der Waals surface area contributed by atoms with Crippen LogP contribution in [0.4, 0.5) is 0 Å². The number of carbonyl (C=O) groups excluding carboxylic acids is 1. The van der Waals surface area contributed by atoms with E-state index >= 15 is 0 Å². The average molecular weight is 409 g/mol. The fraction of sp³-hybridized carbons (Fsp3) is 0.682. The fourth-order valence-corrected chi connectivity index (χ4v) is 5.49. The number of sulfonamides is 1. The Balaban J connectivity index is 2.14. The molecule has 1 heterocycles. The van der Waals surface area contributed by atoms with Gasteiger partial charge < -0.3 is 5.32 Å². The lowest BCUT2D eigenvalue weighted by Crippen LogP contribution is -2.33. The van der Waals surface area contributed by atoms with E-state index in [9.17, 15) is 13.2 Å². The highest BCUT2D eigenvalue weighted by molar-refractivity contribution is 7.89. The summed E-state index contributed by atoms with van der Waals surface area (Å²) in [6.07, 6.45) is 8.40. The number of nitrogens with zero attached hydrogens (tertiary/aromatic N) is 1. The van der Waals surface area contributed by atoms with Gasteiger partial charge in [-0.2, -0.15) is 4.31 Å². The first-order valence-electron chi connectivity index (χ1n) is 10.8. The molecule has 1 atom stereocenters. The second-order valence-corrected chi connectivity index (χ2v) is 9.83. The number of amides is 1. The average Bonchev–Trinajstić information content (AvgIpc) is 2.98. The summed E-state index contributed by atoms with van der Waals surface area (Å²) in [6.45, 7) is 7.87. The number of rotatable bonds is 9. The Morgan fingerprint density at radius 2 is 1.82 bits per heavy atom.